The minimum absolute atomic E-state index is 0.0555. The number of hydrogen-bond donors (Lipinski definition) is 3. The Morgan fingerprint density at radius 3 is 2.68 bits per heavy atom. The highest BCUT2D eigenvalue weighted by Gasteiger charge is 2.42. The number of urea groups is 1. The van der Waals surface area contributed by atoms with Crippen LogP contribution in [-0.2, 0) is 0 Å². The van der Waals surface area contributed by atoms with E-state index >= 15 is 0 Å². The van der Waals surface area contributed by atoms with Gasteiger partial charge >= 0.3 is 6.03 Å². The van der Waals surface area contributed by atoms with Crippen molar-refractivity contribution < 1.29 is 9.90 Å². The minimum atomic E-state index is -0.0555. The number of hydrogen-bond acceptors (Lipinski definition) is 2. The highest BCUT2D eigenvalue weighted by Crippen LogP contribution is 2.49. The van der Waals surface area contributed by atoms with Crippen LogP contribution in [0.2, 0.25) is 0 Å². The predicted molar refractivity (Wildman–Crippen MR) is 75.8 cm³/mol. The predicted octanol–water partition coefficient (Wildman–Crippen LogP) is 2.13. The first-order valence-electron chi connectivity index (χ1n) is 7.75. The molecule has 5 unspecified atom stereocenters. The van der Waals surface area contributed by atoms with Crippen LogP contribution in [0.3, 0.4) is 0 Å². The van der Waals surface area contributed by atoms with E-state index < -0.39 is 0 Å². The van der Waals surface area contributed by atoms with Gasteiger partial charge in [-0.3, -0.25) is 0 Å². The maximum absolute atomic E-state index is 11.8. The summed E-state index contributed by atoms with van der Waals surface area (Å²) < 4.78 is 0. The van der Waals surface area contributed by atoms with Crippen LogP contribution in [0.1, 0.15) is 46.0 Å². The Hall–Kier alpha value is -0.770. The van der Waals surface area contributed by atoms with E-state index in [9.17, 15) is 4.79 Å². The molecule has 0 aromatic rings. The molecule has 0 spiro atoms. The molecule has 110 valence electrons. The van der Waals surface area contributed by atoms with E-state index in [1.807, 2.05) is 6.92 Å². The smallest absolute Gasteiger partial charge is 0.315 e. The van der Waals surface area contributed by atoms with Gasteiger partial charge in [-0.1, -0.05) is 13.3 Å². The molecule has 0 aromatic heterocycles. The molecule has 2 rings (SSSR count). The fourth-order valence-electron chi connectivity index (χ4n) is 3.86. The maximum Gasteiger partial charge on any atom is 0.315 e. The van der Waals surface area contributed by atoms with Gasteiger partial charge in [0.25, 0.3) is 0 Å². The molecule has 5 atom stereocenters. The molecule has 2 bridgehead atoms. The molecule has 4 heteroatoms. The molecule has 2 amide bonds. The van der Waals surface area contributed by atoms with Crippen molar-refractivity contribution in [3.63, 3.8) is 0 Å². The van der Waals surface area contributed by atoms with Crippen LogP contribution in [0.4, 0.5) is 4.79 Å². The molecule has 0 aliphatic heterocycles. The van der Waals surface area contributed by atoms with Crippen molar-refractivity contribution in [2.75, 3.05) is 13.2 Å². The molecule has 2 aliphatic carbocycles. The second-order valence-electron chi connectivity index (χ2n) is 6.60. The van der Waals surface area contributed by atoms with Gasteiger partial charge in [0.05, 0.1) is 0 Å². The van der Waals surface area contributed by atoms with E-state index in [-0.39, 0.29) is 18.7 Å². The summed E-state index contributed by atoms with van der Waals surface area (Å²) in [4.78, 5) is 11.8. The molecule has 2 fully saturated rings. The van der Waals surface area contributed by atoms with Gasteiger partial charge in [0, 0.05) is 19.2 Å². The van der Waals surface area contributed by atoms with Crippen LogP contribution >= 0.6 is 0 Å². The Kier molecular flexibility index (Phi) is 5.08. The molecule has 4 nitrogen and oxygen atoms in total. The Morgan fingerprint density at radius 2 is 2.11 bits per heavy atom. The lowest BCUT2D eigenvalue weighted by molar-refractivity contribution is 0.216. The molecule has 19 heavy (non-hydrogen) atoms. The van der Waals surface area contributed by atoms with Gasteiger partial charge in [-0.25, -0.2) is 4.79 Å². The first-order chi connectivity index (χ1) is 9.10. The number of aliphatic hydroxyl groups excluding tert-OH is 1. The van der Waals surface area contributed by atoms with Gasteiger partial charge in [-0.05, 0) is 56.3 Å². The number of carbonyl (C=O) groups excluding carboxylic acids is 1. The number of carbonyl (C=O) groups is 1. The van der Waals surface area contributed by atoms with Crippen LogP contribution in [0.15, 0.2) is 0 Å². The van der Waals surface area contributed by atoms with Crippen LogP contribution < -0.4 is 10.6 Å². The quantitative estimate of drug-likeness (QED) is 0.691. The van der Waals surface area contributed by atoms with Crippen molar-refractivity contribution in [1.82, 2.24) is 10.6 Å². The minimum Gasteiger partial charge on any atom is -0.396 e. The summed E-state index contributed by atoms with van der Waals surface area (Å²) in [6, 6.07) is 0.225. The number of rotatable bonds is 6. The first-order valence-corrected chi connectivity index (χ1v) is 7.75. The normalized spacial score (nSPS) is 32.1. The maximum atomic E-state index is 11.8. The molecular formula is C15H28N2O2. The Labute approximate surface area is 116 Å². The molecule has 3 N–H and O–H groups in total. The lowest BCUT2D eigenvalue weighted by Gasteiger charge is -2.28. The van der Waals surface area contributed by atoms with Gasteiger partial charge in [-0.2, -0.15) is 0 Å². The second kappa shape index (κ2) is 6.60. The molecular weight excluding hydrogens is 240 g/mol. The fourth-order valence-corrected chi connectivity index (χ4v) is 3.86. The largest absolute Gasteiger partial charge is 0.396 e. The summed E-state index contributed by atoms with van der Waals surface area (Å²) >= 11 is 0. The lowest BCUT2D eigenvalue weighted by Crippen LogP contribution is -2.46. The SMILES string of the molecule is CC(CCO)CNC(=O)NC(C)C1CC2CCC1C2. The van der Waals surface area contributed by atoms with E-state index in [0.717, 1.165) is 18.3 Å². The third-order valence-corrected chi connectivity index (χ3v) is 5.03. The van der Waals surface area contributed by atoms with E-state index in [2.05, 4.69) is 17.6 Å². The van der Waals surface area contributed by atoms with Crippen molar-refractivity contribution >= 4 is 6.03 Å². The van der Waals surface area contributed by atoms with E-state index in [0.29, 0.717) is 18.4 Å². The molecule has 0 saturated heterocycles. The summed E-state index contributed by atoms with van der Waals surface area (Å²) in [6.07, 6.45) is 6.18. The summed E-state index contributed by atoms with van der Waals surface area (Å²) in [5.74, 6) is 2.77. The second-order valence-corrected chi connectivity index (χ2v) is 6.60. The Bertz CT molecular complexity index is 309. The number of aliphatic hydroxyl groups is 1. The average Bonchev–Trinajstić information content (AvgIpc) is 2.99. The zero-order valence-electron chi connectivity index (χ0n) is 12.2. The zero-order chi connectivity index (χ0) is 13.8. The molecule has 0 heterocycles. The zero-order valence-corrected chi connectivity index (χ0v) is 12.2. The molecule has 2 aliphatic rings. The Morgan fingerprint density at radius 1 is 1.32 bits per heavy atom. The van der Waals surface area contributed by atoms with Crippen LogP contribution in [0.5, 0.6) is 0 Å². The number of nitrogens with one attached hydrogen (secondary N) is 2. The van der Waals surface area contributed by atoms with Crippen LogP contribution in [0, 0.1) is 23.7 Å². The van der Waals surface area contributed by atoms with E-state index in [1.165, 1.54) is 25.7 Å². The number of amides is 2. The van der Waals surface area contributed by atoms with Crippen molar-refractivity contribution in [2.24, 2.45) is 23.7 Å². The summed E-state index contributed by atoms with van der Waals surface area (Å²) in [5, 5.41) is 14.8. The van der Waals surface area contributed by atoms with Gasteiger partial charge in [-0.15, -0.1) is 0 Å². The monoisotopic (exact) mass is 268 g/mol. The highest BCUT2D eigenvalue weighted by molar-refractivity contribution is 5.74. The fraction of sp³-hybridized carbons (Fsp3) is 0.933. The molecule has 2 saturated carbocycles. The van der Waals surface area contributed by atoms with E-state index in [4.69, 9.17) is 5.11 Å². The lowest BCUT2D eigenvalue weighted by atomic mass is 9.84. The van der Waals surface area contributed by atoms with Crippen molar-refractivity contribution in [3.8, 4) is 0 Å². The van der Waals surface area contributed by atoms with Crippen LogP contribution in [-0.4, -0.2) is 30.3 Å². The highest BCUT2D eigenvalue weighted by atomic mass is 16.3. The van der Waals surface area contributed by atoms with Gasteiger partial charge in [0.15, 0.2) is 0 Å². The van der Waals surface area contributed by atoms with Crippen molar-refractivity contribution in [3.05, 3.63) is 0 Å². The average molecular weight is 268 g/mol. The third-order valence-electron chi connectivity index (χ3n) is 5.03. The van der Waals surface area contributed by atoms with Gasteiger partial charge < -0.3 is 15.7 Å². The standard InChI is InChI=1S/C15H28N2O2/c1-10(5-6-18)9-16-15(19)17-11(2)14-8-12-3-4-13(14)7-12/h10-14,18H,3-9H2,1-2H3,(H2,16,17,19). The summed E-state index contributed by atoms with van der Waals surface area (Å²) in [6.45, 7) is 5.00. The molecule has 0 radical (unpaired) electrons. The molecule has 0 aromatic carbocycles. The third kappa shape index (κ3) is 3.85. The summed E-state index contributed by atoms with van der Waals surface area (Å²) in [5.41, 5.74) is 0. The number of fused-ring (bicyclic) bond motifs is 2. The van der Waals surface area contributed by atoms with Crippen molar-refractivity contribution in [2.45, 2.75) is 52.0 Å². The van der Waals surface area contributed by atoms with Crippen molar-refractivity contribution in [1.29, 1.82) is 0 Å². The Balaban J connectivity index is 1.67. The van der Waals surface area contributed by atoms with Gasteiger partial charge in [0.1, 0.15) is 0 Å². The topological polar surface area (TPSA) is 61.4 Å². The first kappa shape index (κ1) is 14.6. The van der Waals surface area contributed by atoms with E-state index in [1.54, 1.807) is 0 Å². The van der Waals surface area contributed by atoms with Crippen LogP contribution in [0.25, 0.3) is 0 Å². The van der Waals surface area contributed by atoms with Gasteiger partial charge in [0.2, 0.25) is 0 Å². The summed E-state index contributed by atoms with van der Waals surface area (Å²) in [7, 11) is 0.